The van der Waals surface area contributed by atoms with Crippen molar-refractivity contribution in [2.45, 2.75) is 33.1 Å². The Bertz CT molecular complexity index is 1020. The summed E-state index contributed by atoms with van der Waals surface area (Å²) in [6.07, 6.45) is 3.62. The summed E-state index contributed by atoms with van der Waals surface area (Å²) in [6.45, 7) is 8.20. The number of aromatic nitrogens is 2. The third-order valence-electron chi connectivity index (χ3n) is 6.02. The highest BCUT2D eigenvalue weighted by molar-refractivity contribution is 7.19. The Balaban J connectivity index is 1.46. The third kappa shape index (κ3) is 3.15. The number of thiophene rings is 1. The number of rotatable bonds is 2. The van der Waals surface area contributed by atoms with Gasteiger partial charge in [-0.05, 0) is 49.8 Å². The molecule has 1 saturated heterocycles. The Morgan fingerprint density at radius 2 is 1.82 bits per heavy atom. The van der Waals surface area contributed by atoms with E-state index in [-0.39, 0.29) is 0 Å². The van der Waals surface area contributed by atoms with E-state index in [2.05, 4.69) is 28.9 Å². The molecule has 2 aromatic heterocycles. The molecular formula is C22H25ClN4S. The van der Waals surface area contributed by atoms with Gasteiger partial charge in [0, 0.05) is 31.1 Å². The van der Waals surface area contributed by atoms with Crippen LogP contribution in [0.4, 0.5) is 11.5 Å². The van der Waals surface area contributed by atoms with Crippen molar-refractivity contribution in [2.24, 2.45) is 5.92 Å². The van der Waals surface area contributed by atoms with Crippen LogP contribution in [0.2, 0.25) is 5.02 Å². The maximum atomic E-state index is 6.41. The number of anilines is 2. The number of hydrogen-bond acceptors (Lipinski definition) is 5. The number of para-hydroxylation sites is 1. The first-order chi connectivity index (χ1) is 13.6. The highest BCUT2D eigenvalue weighted by atomic mass is 35.5. The highest BCUT2D eigenvalue weighted by Gasteiger charge is 2.27. The molecule has 5 rings (SSSR count). The summed E-state index contributed by atoms with van der Waals surface area (Å²) in [5, 5.41) is 2.15. The Labute approximate surface area is 175 Å². The van der Waals surface area contributed by atoms with Crippen molar-refractivity contribution in [1.82, 2.24) is 9.97 Å². The van der Waals surface area contributed by atoms with E-state index in [4.69, 9.17) is 21.6 Å². The number of nitrogens with zero attached hydrogens (tertiary/aromatic N) is 4. The van der Waals surface area contributed by atoms with Crippen LogP contribution in [0.3, 0.4) is 0 Å². The number of fused-ring (bicyclic) bond motifs is 3. The summed E-state index contributed by atoms with van der Waals surface area (Å²) in [7, 11) is 0. The zero-order chi connectivity index (χ0) is 19.3. The Morgan fingerprint density at radius 1 is 1.07 bits per heavy atom. The first kappa shape index (κ1) is 18.2. The van der Waals surface area contributed by atoms with Gasteiger partial charge in [-0.2, -0.15) is 0 Å². The molecule has 0 N–H and O–H groups in total. The zero-order valence-electron chi connectivity index (χ0n) is 16.4. The van der Waals surface area contributed by atoms with Crippen LogP contribution in [0.15, 0.2) is 24.3 Å². The summed E-state index contributed by atoms with van der Waals surface area (Å²) in [5.74, 6) is 2.80. The molecule has 3 aromatic rings. The topological polar surface area (TPSA) is 32.3 Å². The number of benzene rings is 1. The van der Waals surface area contributed by atoms with Crippen LogP contribution in [0.1, 0.15) is 29.6 Å². The number of aryl methyl sites for hydroxylation is 2. The maximum absolute atomic E-state index is 6.41. The molecule has 1 aliphatic carbocycles. The fourth-order valence-electron chi connectivity index (χ4n) is 4.52. The van der Waals surface area contributed by atoms with Crippen molar-refractivity contribution in [2.75, 3.05) is 36.0 Å². The normalized spacial score (nSPS) is 19.9. The fraction of sp³-hybridized carbons (Fsp3) is 0.455. The average Bonchev–Trinajstić information content (AvgIpc) is 3.05. The van der Waals surface area contributed by atoms with Gasteiger partial charge in [0.2, 0.25) is 0 Å². The molecule has 146 valence electrons. The molecule has 0 spiro atoms. The van der Waals surface area contributed by atoms with Gasteiger partial charge in [0.1, 0.15) is 16.5 Å². The van der Waals surface area contributed by atoms with Crippen molar-refractivity contribution in [3.05, 3.63) is 45.6 Å². The van der Waals surface area contributed by atoms with Crippen LogP contribution in [0.5, 0.6) is 0 Å². The minimum absolute atomic E-state index is 0.775. The Hall–Kier alpha value is -1.85. The van der Waals surface area contributed by atoms with Crippen molar-refractivity contribution in [1.29, 1.82) is 0 Å². The van der Waals surface area contributed by atoms with Crippen LogP contribution in [0, 0.1) is 12.8 Å². The molecule has 2 aliphatic rings. The quantitative estimate of drug-likeness (QED) is 0.585. The predicted molar refractivity (Wildman–Crippen MR) is 119 cm³/mol. The fourth-order valence-corrected chi connectivity index (χ4v) is 6.20. The van der Waals surface area contributed by atoms with Gasteiger partial charge in [-0.1, -0.05) is 30.7 Å². The van der Waals surface area contributed by atoms with Crippen molar-refractivity contribution in [3.8, 4) is 0 Å². The van der Waals surface area contributed by atoms with E-state index in [9.17, 15) is 0 Å². The van der Waals surface area contributed by atoms with Crippen LogP contribution < -0.4 is 9.80 Å². The lowest BCUT2D eigenvalue weighted by molar-refractivity contribution is 0.509. The molecule has 0 bridgehead atoms. The molecule has 6 heteroatoms. The van der Waals surface area contributed by atoms with Gasteiger partial charge in [-0.3, -0.25) is 0 Å². The average molecular weight is 413 g/mol. The highest BCUT2D eigenvalue weighted by Crippen LogP contribution is 2.41. The van der Waals surface area contributed by atoms with Gasteiger partial charge >= 0.3 is 0 Å². The van der Waals surface area contributed by atoms with Crippen LogP contribution in [-0.4, -0.2) is 36.1 Å². The lowest BCUT2D eigenvalue weighted by Crippen LogP contribution is -2.47. The summed E-state index contributed by atoms with van der Waals surface area (Å²) >= 11 is 8.30. The second kappa shape index (κ2) is 7.20. The molecule has 1 aliphatic heterocycles. The molecule has 0 saturated carbocycles. The summed E-state index contributed by atoms with van der Waals surface area (Å²) in [6, 6.07) is 8.13. The molecule has 28 heavy (non-hydrogen) atoms. The van der Waals surface area contributed by atoms with Crippen molar-refractivity contribution in [3.63, 3.8) is 0 Å². The lowest BCUT2D eigenvalue weighted by atomic mass is 9.89. The minimum atomic E-state index is 0.775. The van der Waals surface area contributed by atoms with Crippen molar-refractivity contribution >= 4 is 44.7 Å². The van der Waals surface area contributed by atoms with Crippen LogP contribution in [-0.2, 0) is 12.8 Å². The second-order valence-electron chi connectivity index (χ2n) is 8.05. The van der Waals surface area contributed by atoms with Gasteiger partial charge in [-0.15, -0.1) is 11.3 Å². The SMILES string of the molecule is Cc1nc(N2CCN(c3ccccc3Cl)CC2)c2c3c(sc2n1)C[C@H](C)CC3. The number of piperazine rings is 1. The van der Waals surface area contributed by atoms with Gasteiger partial charge in [0.05, 0.1) is 16.1 Å². The molecule has 4 nitrogen and oxygen atoms in total. The van der Waals surface area contributed by atoms with Gasteiger partial charge < -0.3 is 9.80 Å². The van der Waals surface area contributed by atoms with E-state index in [1.54, 1.807) is 0 Å². The summed E-state index contributed by atoms with van der Waals surface area (Å²) in [4.78, 5) is 17.3. The van der Waals surface area contributed by atoms with E-state index >= 15 is 0 Å². The van der Waals surface area contributed by atoms with Gasteiger partial charge in [0.25, 0.3) is 0 Å². The van der Waals surface area contributed by atoms with Crippen molar-refractivity contribution < 1.29 is 0 Å². The first-order valence-electron chi connectivity index (χ1n) is 10.1. The van der Waals surface area contributed by atoms with E-state index in [1.807, 2.05) is 30.4 Å². The van der Waals surface area contributed by atoms with Crippen LogP contribution >= 0.6 is 22.9 Å². The molecule has 1 atom stereocenters. The maximum Gasteiger partial charge on any atom is 0.141 e. The van der Waals surface area contributed by atoms with Gasteiger partial charge in [0.15, 0.2) is 0 Å². The molecule has 1 fully saturated rings. The molecule has 0 radical (unpaired) electrons. The molecule has 0 amide bonds. The zero-order valence-corrected chi connectivity index (χ0v) is 18.0. The largest absolute Gasteiger partial charge is 0.367 e. The summed E-state index contributed by atoms with van der Waals surface area (Å²) in [5.41, 5.74) is 2.65. The monoisotopic (exact) mass is 412 g/mol. The van der Waals surface area contributed by atoms with E-state index in [0.29, 0.717) is 0 Å². The standard InChI is InChI=1S/C22H25ClN4S/c1-14-7-8-16-19(13-14)28-22-20(16)21(24-15(2)25-22)27-11-9-26(10-12-27)18-6-4-3-5-17(18)23/h3-6,14H,7-13H2,1-2H3/t14-/m1/s1. The minimum Gasteiger partial charge on any atom is -0.367 e. The molecular weight excluding hydrogens is 388 g/mol. The van der Waals surface area contributed by atoms with E-state index in [0.717, 1.165) is 60.9 Å². The van der Waals surface area contributed by atoms with E-state index in [1.165, 1.54) is 33.5 Å². The Morgan fingerprint density at radius 3 is 2.61 bits per heavy atom. The molecule has 0 unspecified atom stereocenters. The Kier molecular flexibility index (Phi) is 4.68. The third-order valence-corrected chi connectivity index (χ3v) is 7.49. The second-order valence-corrected chi connectivity index (χ2v) is 9.54. The molecule has 3 heterocycles. The smallest absolute Gasteiger partial charge is 0.141 e. The first-order valence-corrected chi connectivity index (χ1v) is 11.3. The molecule has 1 aromatic carbocycles. The lowest BCUT2D eigenvalue weighted by Gasteiger charge is -2.37. The van der Waals surface area contributed by atoms with E-state index < -0.39 is 0 Å². The van der Waals surface area contributed by atoms with Crippen LogP contribution in [0.25, 0.3) is 10.2 Å². The number of hydrogen-bond donors (Lipinski definition) is 0. The predicted octanol–water partition coefficient (Wildman–Crippen LogP) is 5.10. The van der Waals surface area contributed by atoms with Gasteiger partial charge in [-0.25, -0.2) is 9.97 Å². The summed E-state index contributed by atoms with van der Waals surface area (Å²) < 4.78 is 0. The number of halogens is 1.